The van der Waals surface area contributed by atoms with Gasteiger partial charge in [0.25, 0.3) is 5.91 Å². The van der Waals surface area contributed by atoms with Gasteiger partial charge in [-0.1, -0.05) is 44.2 Å². The third kappa shape index (κ3) is 7.96. The van der Waals surface area contributed by atoms with Crippen LogP contribution < -0.4 is 5.32 Å². The van der Waals surface area contributed by atoms with E-state index in [9.17, 15) is 9.18 Å². The van der Waals surface area contributed by atoms with Crippen molar-refractivity contribution >= 4 is 36.5 Å². The fourth-order valence-corrected chi connectivity index (χ4v) is 5.12. The molecule has 1 atom stereocenters. The molecule has 0 aliphatic rings. The SMILES string of the molecule is CCC(F)c1nc(-c2ccc(Cl)cc2)nc2cc(C(=O)NCCCc3nccn3COCC[Si](C)(C)C)ccc12. The molecule has 1 amide bonds. The van der Waals surface area contributed by atoms with Crippen LogP contribution in [0, 0.1) is 0 Å². The lowest BCUT2D eigenvalue weighted by molar-refractivity contribution is 0.0849. The highest BCUT2D eigenvalue weighted by molar-refractivity contribution is 6.76. The van der Waals surface area contributed by atoms with Crippen molar-refractivity contribution in [3.05, 3.63) is 77.0 Å². The average Bonchev–Trinajstić information content (AvgIpc) is 3.39. The second-order valence-corrected chi connectivity index (χ2v) is 17.1. The Labute approximate surface area is 241 Å². The number of fused-ring (bicyclic) bond motifs is 1. The van der Waals surface area contributed by atoms with Crippen LogP contribution in [-0.2, 0) is 17.9 Å². The monoisotopic (exact) mass is 581 g/mol. The van der Waals surface area contributed by atoms with Crippen molar-refractivity contribution in [3.63, 3.8) is 0 Å². The van der Waals surface area contributed by atoms with E-state index in [0.717, 1.165) is 36.9 Å². The largest absolute Gasteiger partial charge is 0.361 e. The Hall–Kier alpha value is -3.14. The van der Waals surface area contributed by atoms with Crippen molar-refractivity contribution in [2.75, 3.05) is 13.2 Å². The maximum absolute atomic E-state index is 14.9. The van der Waals surface area contributed by atoms with Crippen molar-refractivity contribution in [3.8, 4) is 11.4 Å². The van der Waals surface area contributed by atoms with Crippen LogP contribution in [0.25, 0.3) is 22.3 Å². The highest BCUT2D eigenvalue weighted by Gasteiger charge is 2.18. The molecule has 2 aromatic heterocycles. The summed E-state index contributed by atoms with van der Waals surface area (Å²) in [6.07, 6.45) is 4.20. The zero-order valence-corrected chi connectivity index (χ0v) is 25.3. The van der Waals surface area contributed by atoms with Gasteiger partial charge in [0.05, 0.1) is 11.2 Å². The number of amides is 1. The van der Waals surface area contributed by atoms with Gasteiger partial charge in [0.2, 0.25) is 0 Å². The van der Waals surface area contributed by atoms with E-state index in [2.05, 4.69) is 39.9 Å². The summed E-state index contributed by atoms with van der Waals surface area (Å²) in [6.45, 7) is 10.5. The van der Waals surface area contributed by atoms with Gasteiger partial charge in [0, 0.05) is 61.6 Å². The van der Waals surface area contributed by atoms with E-state index in [0.29, 0.717) is 46.3 Å². The Morgan fingerprint density at radius 1 is 1.15 bits per heavy atom. The molecule has 0 spiro atoms. The van der Waals surface area contributed by atoms with Crippen molar-refractivity contribution in [2.24, 2.45) is 0 Å². The van der Waals surface area contributed by atoms with Crippen LogP contribution in [0.1, 0.15) is 47.8 Å². The van der Waals surface area contributed by atoms with Gasteiger partial charge in [0.1, 0.15) is 18.7 Å². The molecule has 1 unspecified atom stereocenters. The summed E-state index contributed by atoms with van der Waals surface area (Å²) in [5.41, 5.74) is 2.04. The molecule has 0 saturated carbocycles. The molecule has 7 nitrogen and oxygen atoms in total. The number of nitrogens with zero attached hydrogens (tertiary/aromatic N) is 4. The number of alkyl halides is 1. The Kier molecular flexibility index (Phi) is 10.1. The zero-order chi connectivity index (χ0) is 28.7. The number of carbonyl (C=O) groups is 1. The lowest BCUT2D eigenvalue weighted by Gasteiger charge is -2.16. The smallest absolute Gasteiger partial charge is 0.251 e. The summed E-state index contributed by atoms with van der Waals surface area (Å²) < 4.78 is 22.8. The molecule has 0 saturated heterocycles. The van der Waals surface area contributed by atoms with Crippen LogP contribution in [0.4, 0.5) is 4.39 Å². The van der Waals surface area contributed by atoms with Gasteiger partial charge in [0.15, 0.2) is 5.82 Å². The lowest BCUT2D eigenvalue weighted by Crippen LogP contribution is -2.25. The van der Waals surface area contributed by atoms with Crippen LogP contribution >= 0.6 is 11.6 Å². The number of imidazole rings is 1. The predicted octanol–water partition coefficient (Wildman–Crippen LogP) is 7.24. The van der Waals surface area contributed by atoms with E-state index >= 15 is 0 Å². The Bertz CT molecular complexity index is 1440. The summed E-state index contributed by atoms with van der Waals surface area (Å²) in [5.74, 6) is 1.12. The number of nitrogens with one attached hydrogen (secondary N) is 1. The fraction of sp³-hybridized carbons (Fsp3) is 0.400. The number of hydrogen-bond acceptors (Lipinski definition) is 5. The number of carbonyl (C=O) groups excluding carboxylic acids is 1. The normalized spacial score (nSPS) is 12.6. The number of halogens is 2. The maximum atomic E-state index is 14.9. The van der Waals surface area contributed by atoms with Crippen molar-refractivity contribution in [2.45, 2.75) is 64.8 Å². The van der Waals surface area contributed by atoms with Gasteiger partial charge >= 0.3 is 0 Å². The Morgan fingerprint density at radius 2 is 1.93 bits per heavy atom. The van der Waals surface area contributed by atoms with E-state index in [1.165, 1.54) is 0 Å². The number of benzene rings is 2. The van der Waals surface area contributed by atoms with E-state index in [-0.39, 0.29) is 12.3 Å². The highest BCUT2D eigenvalue weighted by Crippen LogP contribution is 2.30. The number of aromatic nitrogens is 4. The molecule has 0 aliphatic heterocycles. The summed E-state index contributed by atoms with van der Waals surface area (Å²) in [5, 5.41) is 4.17. The molecule has 1 N–H and O–H groups in total. The number of ether oxygens (including phenoxy) is 1. The first-order valence-corrected chi connectivity index (χ1v) is 17.8. The molecule has 0 bridgehead atoms. The van der Waals surface area contributed by atoms with Gasteiger partial charge in [-0.05, 0) is 55.3 Å². The number of hydrogen-bond donors (Lipinski definition) is 1. The molecule has 40 heavy (non-hydrogen) atoms. The van der Waals surface area contributed by atoms with Crippen LogP contribution in [0.3, 0.4) is 0 Å². The van der Waals surface area contributed by atoms with Gasteiger partial charge in [-0.2, -0.15) is 0 Å². The first-order chi connectivity index (χ1) is 19.1. The first kappa shape index (κ1) is 29.8. The quantitative estimate of drug-likeness (QED) is 0.133. The Morgan fingerprint density at radius 3 is 2.65 bits per heavy atom. The van der Waals surface area contributed by atoms with Crippen molar-refractivity contribution < 1.29 is 13.9 Å². The molecule has 2 aromatic carbocycles. The second-order valence-electron chi connectivity index (χ2n) is 11.1. The van der Waals surface area contributed by atoms with E-state index in [4.69, 9.17) is 16.3 Å². The minimum atomic E-state index is -1.24. The number of rotatable bonds is 13. The molecule has 4 aromatic rings. The third-order valence-corrected chi connectivity index (χ3v) is 8.59. The molecule has 10 heteroatoms. The topological polar surface area (TPSA) is 81.9 Å². The van der Waals surface area contributed by atoms with Crippen LogP contribution in [-0.4, -0.2) is 46.7 Å². The molecule has 2 heterocycles. The Balaban J connectivity index is 1.39. The maximum Gasteiger partial charge on any atom is 0.251 e. The standard InChI is InChI=1S/C30H37ClFN5O2Si/c1-5-25(32)28-24-13-10-22(19-26(24)35-29(36-28)21-8-11-23(31)12-9-21)30(38)34-14-6-7-27-33-15-16-37(27)20-39-17-18-40(2,3)4/h8-13,15-16,19,25H,5-7,14,17-18,20H2,1-4H3,(H,34,38). The van der Waals surface area contributed by atoms with Crippen LogP contribution in [0.15, 0.2) is 54.9 Å². The van der Waals surface area contributed by atoms with Gasteiger partial charge < -0.3 is 14.6 Å². The van der Waals surface area contributed by atoms with Crippen molar-refractivity contribution in [1.82, 2.24) is 24.8 Å². The lowest BCUT2D eigenvalue weighted by atomic mass is 10.0. The minimum Gasteiger partial charge on any atom is -0.361 e. The average molecular weight is 582 g/mol. The van der Waals surface area contributed by atoms with E-state index in [1.54, 1.807) is 55.6 Å². The summed E-state index contributed by atoms with van der Waals surface area (Å²) in [4.78, 5) is 26.6. The first-order valence-electron chi connectivity index (χ1n) is 13.7. The van der Waals surface area contributed by atoms with Gasteiger partial charge in [-0.25, -0.2) is 19.3 Å². The molecular formula is C30H37ClFN5O2Si. The van der Waals surface area contributed by atoms with Crippen molar-refractivity contribution in [1.29, 1.82) is 0 Å². The summed E-state index contributed by atoms with van der Waals surface area (Å²) >= 11 is 6.03. The molecule has 4 rings (SSSR count). The fourth-order valence-electron chi connectivity index (χ4n) is 4.23. The number of aryl methyl sites for hydroxylation is 1. The third-order valence-electron chi connectivity index (χ3n) is 6.64. The van der Waals surface area contributed by atoms with Gasteiger partial charge in [-0.15, -0.1) is 0 Å². The zero-order valence-electron chi connectivity index (χ0n) is 23.6. The van der Waals surface area contributed by atoms with Gasteiger partial charge in [-0.3, -0.25) is 4.79 Å². The molecule has 0 radical (unpaired) electrons. The highest BCUT2D eigenvalue weighted by atomic mass is 35.5. The van der Waals surface area contributed by atoms with Crippen LogP contribution in [0.5, 0.6) is 0 Å². The van der Waals surface area contributed by atoms with E-state index < -0.39 is 14.2 Å². The summed E-state index contributed by atoms with van der Waals surface area (Å²) in [7, 11) is -1.12. The predicted molar refractivity (Wildman–Crippen MR) is 161 cm³/mol. The molecule has 0 fully saturated rings. The van der Waals surface area contributed by atoms with Crippen LogP contribution in [0.2, 0.25) is 30.7 Å². The molecular weight excluding hydrogens is 545 g/mol. The molecule has 0 aliphatic carbocycles. The summed E-state index contributed by atoms with van der Waals surface area (Å²) in [6, 6.07) is 13.3. The molecule has 212 valence electrons. The minimum absolute atomic E-state index is 0.208. The second kappa shape index (κ2) is 13.5. The van der Waals surface area contributed by atoms with E-state index in [1.807, 2.05) is 10.8 Å².